The number of aromatic nitrogens is 2. The molecule has 0 bridgehead atoms. The number of benzene rings is 1. The second kappa shape index (κ2) is 5.97. The average molecular weight is 261 g/mol. The molecule has 0 aliphatic heterocycles. The van der Waals surface area contributed by atoms with Crippen LogP contribution in [-0.2, 0) is 13.1 Å². The van der Waals surface area contributed by atoms with Crippen LogP contribution < -0.4 is 5.32 Å². The molecule has 1 N–H and O–H groups in total. The summed E-state index contributed by atoms with van der Waals surface area (Å²) in [6.07, 6.45) is 1.76. The molecule has 0 spiro atoms. The van der Waals surface area contributed by atoms with E-state index in [9.17, 15) is 4.39 Å². The minimum atomic E-state index is -0.161. The largest absolute Gasteiger partial charge is 0.330 e. The minimum Gasteiger partial charge on any atom is -0.330 e. The van der Waals surface area contributed by atoms with Gasteiger partial charge in [-0.3, -0.25) is 0 Å². The third kappa shape index (κ3) is 3.20. The van der Waals surface area contributed by atoms with E-state index in [-0.39, 0.29) is 5.82 Å². The Balaban J connectivity index is 2.21. The maximum absolute atomic E-state index is 13.9. The van der Waals surface area contributed by atoms with Crippen molar-refractivity contribution in [2.24, 2.45) is 0 Å². The molecule has 19 heavy (non-hydrogen) atoms. The van der Waals surface area contributed by atoms with Gasteiger partial charge in [0.05, 0.1) is 18.6 Å². The summed E-state index contributed by atoms with van der Waals surface area (Å²) in [7, 11) is 0. The summed E-state index contributed by atoms with van der Waals surface area (Å²) in [5, 5.41) is 3.25. The Bertz CT molecular complexity index is 561. The molecule has 0 saturated carbocycles. The molecule has 1 heterocycles. The molecule has 3 nitrogen and oxygen atoms in total. The Labute approximate surface area is 113 Å². The van der Waals surface area contributed by atoms with Crippen molar-refractivity contribution in [3.05, 3.63) is 52.9 Å². The van der Waals surface area contributed by atoms with E-state index in [0.717, 1.165) is 30.0 Å². The normalized spacial score (nSPS) is 10.9. The Morgan fingerprint density at radius 2 is 2.11 bits per heavy atom. The fraction of sp³-hybridized carbons (Fsp3) is 0.400. The van der Waals surface area contributed by atoms with Crippen LogP contribution in [0.15, 0.2) is 24.5 Å². The number of hydrogen-bond acceptors (Lipinski definition) is 2. The van der Waals surface area contributed by atoms with Crippen molar-refractivity contribution in [1.29, 1.82) is 0 Å². The Morgan fingerprint density at radius 1 is 1.32 bits per heavy atom. The first kappa shape index (κ1) is 13.7. The lowest BCUT2D eigenvalue weighted by Crippen LogP contribution is -2.12. The van der Waals surface area contributed by atoms with E-state index in [1.54, 1.807) is 12.4 Å². The number of aryl methyl sites for hydroxylation is 1. The highest BCUT2D eigenvalue weighted by Crippen LogP contribution is 2.14. The molecular formula is C15H20FN3. The van der Waals surface area contributed by atoms with Crippen molar-refractivity contribution in [3.63, 3.8) is 0 Å². The molecule has 0 unspecified atom stereocenters. The molecule has 0 aliphatic rings. The first-order valence-electron chi connectivity index (χ1n) is 6.58. The SMILES string of the molecule is CCNCc1ccc(F)c(Cn2cnc(C)c2C)c1. The van der Waals surface area contributed by atoms with Gasteiger partial charge >= 0.3 is 0 Å². The quantitative estimate of drug-likeness (QED) is 0.897. The van der Waals surface area contributed by atoms with E-state index in [1.165, 1.54) is 0 Å². The molecule has 102 valence electrons. The highest BCUT2D eigenvalue weighted by molar-refractivity contribution is 5.26. The molecule has 0 aliphatic carbocycles. The fourth-order valence-electron chi connectivity index (χ4n) is 2.02. The topological polar surface area (TPSA) is 29.9 Å². The van der Waals surface area contributed by atoms with Crippen molar-refractivity contribution in [2.75, 3.05) is 6.54 Å². The van der Waals surface area contributed by atoms with Gasteiger partial charge in [0.15, 0.2) is 0 Å². The number of imidazole rings is 1. The Morgan fingerprint density at radius 3 is 2.74 bits per heavy atom. The smallest absolute Gasteiger partial charge is 0.128 e. The summed E-state index contributed by atoms with van der Waals surface area (Å²) in [5.41, 5.74) is 3.88. The van der Waals surface area contributed by atoms with Gasteiger partial charge in [0.25, 0.3) is 0 Å². The maximum atomic E-state index is 13.9. The van der Waals surface area contributed by atoms with Gasteiger partial charge in [-0.2, -0.15) is 0 Å². The molecule has 0 fully saturated rings. The molecular weight excluding hydrogens is 241 g/mol. The highest BCUT2D eigenvalue weighted by atomic mass is 19.1. The van der Waals surface area contributed by atoms with Crippen molar-refractivity contribution >= 4 is 0 Å². The van der Waals surface area contributed by atoms with Crippen molar-refractivity contribution in [2.45, 2.75) is 33.9 Å². The summed E-state index contributed by atoms with van der Waals surface area (Å²) >= 11 is 0. The molecule has 0 atom stereocenters. The summed E-state index contributed by atoms with van der Waals surface area (Å²) in [4.78, 5) is 4.24. The number of halogens is 1. The van der Waals surface area contributed by atoms with Crippen LogP contribution in [0.2, 0.25) is 0 Å². The molecule has 4 heteroatoms. The van der Waals surface area contributed by atoms with Crippen LogP contribution >= 0.6 is 0 Å². The van der Waals surface area contributed by atoms with Crippen LogP contribution in [0.4, 0.5) is 4.39 Å². The average Bonchev–Trinajstić information content (AvgIpc) is 2.71. The van der Waals surface area contributed by atoms with Gasteiger partial charge in [0.1, 0.15) is 5.82 Å². The summed E-state index contributed by atoms with van der Waals surface area (Å²) < 4.78 is 15.8. The second-order valence-electron chi connectivity index (χ2n) is 4.75. The number of hydrogen-bond donors (Lipinski definition) is 1. The predicted molar refractivity (Wildman–Crippen MR) is 74.6 cm³/mol. The zero-order valence-corrected chi connectivity index (χ0v) is 11.7. The van der Waals surface area contributed by atoms with Gasteiger partial charge < -0.3 is 9.88 Å². The zero-order chi connectivity index (χ0) is 13.8. The lowest BCUT2D eigenvalue weighted by Gasteiger charge is -2.09. The third-order valence-corrected chi connectivity index (χ3v) is 3.38. The fourth-order valence-corrected chi connectivity index (χ4v) is 2.02. The van der Waals surface area contributed by atoms with E-state index in [2.05, 4.69) is 17.2 Å². The molecule has 2 rings (SSSR count). The highest BCUT2D eigenvalue weighted by Gasteiger charge is 2.07. The van der Waals surface area contributed by atoms with E-state index in [0.29, 0.717) is 12.1 Å². The predicted octanol–water partition coefficient (Wildman–Crippen LogP) is 2.80. The zero-order valence-electron chi connectivity index (χ0n) is 11.7. The first-order chi connectivity index (χ1) is 9.11. The van der Waals surface area contributed by atoms with E-state index >= 15 is 0 Å². The van der Waals surface area contributed by atoms with Crippen molar-refractivity contribution in [1.82, 2.24) is 14.9 Å². The van der Waals surface area contributed by atoms with Crippen LogP contribution in [0, 0.1) is 19.7 Å². The van der Waals surface area contributed by atoms with E-state index in [4.69, 9.17) is 0 Å². The Kier molecular flexibility index (Phi) is 4.32. The van der Waals surface area contributed by atoms with Gasteiger partial charge in [0, 0.05) is 17.8 Å². The summed E-state index contributed by atoms with van der Waals surface area (Å²) in [5.74, 6) is -0.161. The molecule has 0 saturated heterocycles. The Hall–Kier alpha value is -1.68. The van der Waals surface area contributed by atoms with Crippen LogP contribution in [0.1, 0.15) is 29.4 Å². The van der Waals surface area contributed by atoms with Gasteiger partial charge in [0.2, 0.25) is 0 Å². The monoisotopic (exact) mass is 261 g/mol. The maximum Gasteiger partial charge on any atom is 0.128 e. The van der Waals surface area contributed by atoms with Crippen molar-refractivity contribution in [3.8, 4) is 0 Å². The number of rotatable bonds is 5. The molecule has 2 aromatic rings. The lowest BCUT2D eigenvalue weighted by atomic mass is 10.1. The molecule has 0 amide bonds. The lowest BCUT2D eigenvalue weighted by molar-refractivity contribution is 0.595. The van der Waals surface area contributed by atoms with Gasteiger partial charge in [-0.25, -0.2) is 9.37 Å². The number of nitrogens with zero attached hydrogens (tertiary/aromatic N) is 2. The van der Waals surface area contributed by atoms with Crippen molar-refractivity contribution < 1.29 is 4.39 Å². The van der Waals surface area contributed by atoms with Gasteiger partial charge in [-0.05, 0) is 38.1 Å². The first-order valence-corrected chi connectivity index (χ1v) is 6.58. The van der Waals surface area contributed by atoms with E-state index < -0.39 is 0 Å². The molecule has 1 aromatic carbocycles. The van der Waals surface area contributed by atoms with Gasteiger partial charge in [-0.15, -0.1) is 0 Å². The minimum absolute atomic E-state index is 0.161. The van der Waals surface area contributed by atoms with Crippen LogP contribution in [0.5, 0.6) is 0 Å². The molecule has 1 aromatic heterocycles. The van der Waals surface area contributed by atoms with Crippen LogP contribution in [0.25, 0.3) is 0 Å². The summed E-state index contributed by atoms with van der Waals surface area (Å²) in [6, 6.07) is 5.29. The second-order valence-corrected chi connectivity index (χ2v) is 4.75. The standard InChI is InChI=1S/C15H20FN3/c1-4-17-8-13-5-6-15(16)14(7-13)9-19-10-18-11(2)12(19)3/h5-7,10,17H,4,8-9H2,1-3H3. The van der Waals surface area contributed by atoms with Crippen LogP contribution in [-0.4, -0.2) is 16.1 Å². The third-order valence-electron chi connectivity index (χ3n) is 3.38. The molecule has 0 radical (unpaired) electrons. The van der Waals surface area contributed by atoms with Crippen LogP contribution in [0.3, 0.4) is 0 Å². The number of nitrogens with one attached hydrogen (secondary N) is 1. The van der Waals surface area contributed by atoms with Gasteiger partial charge in [-0.1, -0.05) is 13.0 Å². The summed E-state index contributed by atoms with van der Waals surface area (Å²) in [6.45, 7) is 8.23. The van der Waals surface area contributed by atoms with E-state index in [1.807, 2.05) is 30.5 Å².